The van der Waals surface area contributed by atoms with Crippen LogP contribution in [0.15, 0.2) is 42.6 Å². The Hall–Kier alpha value is -3.50. The lowest BCUT2D eigenvalue weighted by molar-refractivity contribution is -0.118. The number of hydrogen-bond donors (Lipinski definition) is 1. The number of benzene rings is 1. The molecule has 2 heterocycles. The number of H-pyrrole nitrogens is 1. The van der Waals surface area contributed by atoms with Crippen LogP contribution in [0.2, 0.25) is 0 Å². The third-order valence-electron chi connectivity index (χ3n) is 6.77. The summed E-state index contributed by atoms with van der Waals surface area (Å²) in [5.74, 6) is 4.25. The van der Waals surface area contributed by atoms with Crippen molar-refractivity contribution in [1.29, 1.82) is 0 Å². The van der Waals surface area contributed by atoms with Crippen molar-refractivity contribution in [3.63, 3.8) is 0 Å². The molecule has 0 unspecified atom stereocenters. The molecule has 0 aliphatic heterocycles. The predicted octanol–water partition coefficient (Wildman–Crippen LogP) is 4.66. The van der Waals surface area contributed by atoms with E-state index in [4.69, 9.17) is 0 Å². The van der Waals surface area contributed by atoms with Gasteiger partial charge in [-0.1, -0.05) is 36.4 Å². The van der Waals surface area contributed by atoms with E-state index in [0.29, 0.717) is 39.8 Å². The number of pyridine rings is 1. The maximum atomic E-state index is 11.5. The summed E-state index contributed by atoms with van der Waals surface area (Å²) in [7, 11) is -3.10. The SMILES string of the molecule is C#CC.C/C=c1/nc(-c2ccc(-c3ccc(C4CCC(CC(C)=O)CC4)cc3)cn2)[nH]/c1=C/CS(C)(=O)=O. The highest BCUT2D eigenvalue weighted by Gasteiger charge is 2.23. The van der Waals surface area contributed by atoms with Gasteiger partial charge in [-0.05, 0) is 81.6 Å². The van der Waals surface area contributed by atoms with E-state index in [0.717, 1.165) is 43.2 Å². The van der Waals surface area contributed by atoms with Crippen LogP contribution in [0.3, 0.4) is 0 Å². The van der Waals surface area contributed by atoms with Crippen molar-refractivity contribution in [3.8, 4) is 35.0 Å². The highest BCUT2D eigenvalue weighted by atomic mass is 32.2. The molecule has 1 saturated carbocycles. The van der Waals surface area contributed by atoms with Gasteiger partial charge in [0.25, 0.3) is 0 Å². The summed E-state index contributed by atoms with van der Waals surface area (Å²) in [4.78, 5) is 23.8. The molecule has 1 aliphatic rings. The molecular formula is C31H37N3O3S. The molecule has 4 rings (SSSR count). The third-order valence-corrected chi connectivity index (χ3v) is 7.54. The highest BCUT2D eigenvalue weighted by Crippen LogP contribution is 2.37. The molecule has 6 nitrogen and oxygen atoms in total. The zero-order valence-corrected chi connectivity index (χ0v) is 23.5. The maximum Gasteiger partial charge on any atom is 0.157 e. The topological polar surface area (TPSA) is 92.8 Å². The molecule has 7 heteroatoms. The van der Waals surface area contributed by atoms with Gasteiger partial charge in [-0.2, -0.15) is 0 Å². The summed E-state index contributed by atoms with van der Waals surface area (Å²) in [6, 6.07) is 12.7. The minimum Gasteiger partial charge on any atom is -0.337 e. The number of carbonyl (C=O) groups is 1. The van der Waals surface area contributed by atoms with E-state index >= 15 is 0 Å². The number of Topliss-reactive ketones (excluding diaryl/α,β-unsaturated/α-hetero) is 1. The molecule has 0 spiro atoms. The molecule has 0 bridgehead atoms. The van der Waals surface area contributed by atoms with Crippen LogP contribution in [-0.2, 0) is 14.6 Å². The minimum absolute atomic E-state index is 0.0440. The van der Waals surface area contributed by atoms with Gasteiger partial charge in [0.05, 0.1) is 16.5 Å². The Morgan fingerprint density at radius 1 is 1.11 bits per heavy atom. The van der Waals surface area contributed by atoms with Crippen molar-refractivity contribution in [2.75, 3.05) is 12.0 Å². The van der Waals surface area contributed by atoms with E-state index in [9.17, 15) is 13.2 Å². The Kier molecular flexibility index (Phi) is 10.2. The number of rotatable bonds is 7. The predicted molar refractivity (Wildman–Crippen MR) is 155 cm³/mol. The second-order valence-corrected chi connectivity index (χ2v) is 12.1. The highest BCUT2D eigenvalue weighted by molar-refractivity contribution is 7.91. The maximum absolute atomic E-state index is 11.5. The molecule has 0 radical (unpaired) electrons. The van der Waals surface area contributed by atoms with Gasteiger partial charge >= 0.3 is 0 Å². The molecule has 0 saturated heterocycles. The molecular weight excluding hydrogens is 494 g/mol. The van der Waals surface area contributed by atoms with Gasteiger partial charge in [0, 0.05) is 24.4 Å². The molecule has 38 heavy (non-hydrogen) atoms. The van der Waals surface area contributed by atoms with Gasteiger partial charge in [-0.25, -0.2) is 13.4 Å². The molecule has 0 atom stereocenters. The van der Waals surface area contributed by atoms with E-state index in [1.165, 1.54) is 11.8 Å². The average molecular weight is 532 g/mol. The summed E-state index contributed by atoms with van der Waals surface area (Å²) in [5.41, 5.74) is 4.22. The number of aromatic amines is 1. The molecule has 0 amide bonds. The number of sulfone groups is 1. The molecule has 1 fully saturated rings. The normalized spacial score (nSPS) is 18.4. The van der Waals surface area contributed by atoms with Crippen LogP contribution >= 0.6 is 0 Å². The Morgan fingerprint density at radius 3 is 2.26 bits per heavy atom. The molecule has 3 aromatic rings. The monoisotopic (exact) mass is 531 g/mol. The molecule has 1 aromatic carbocycles. The zero-order chi connectivity index (χ0) is 27.7. The van der Waals surface area contributed by atoms with E-state index in [2.05, 4.69) is 51.6 Å². The first-order valence-electron chi connectivity index (χ1n) is 13.0. The first-order valence-corrected chi connectivity index (χ1v) is 15.0. The number of aromatic nitrogens is 3. The van der Waals surface area contributed by atoms with Crippen LogP contribution in [0.1, 0.15) is 64.4 Å². The van der Waals surface area contributed by atoms with Gasteiger partial charge in [-0.3, -0.25) is 4.98 Å². The fourth-order valence-corrected chi connectivity index (χ4v) is 5.36. The average Bonchev–Trinajstić information content (AvgIpc) is 3.31. The quantitative estimate of drug-likeness (QED) is 0.448. The molecule has 1 N–H and O–H groups in total. The lowest BCUT2D eigenvalue weighted by Gasteiger charge is -2.28. The summed E-state index contributed by atoms with van der Waals surface area (Å²) < 4.78 is 23.0. The van der Waals surface area contributed by atoms with E-state index in [-0.39, 0.29) is 5.75 Å². The molecule has 1 aliphatic carbocycles. The van der Waals surface area contributed by atoms with Crippen molar-refractivity contribution >= 4 is 27.8 Å². The van der Waals surface area contributed by atoms with Crippen LogP contribution in [0.5, 0.6) is 0 Å². The number of carbonyl (C=O) groups excluding carboxylic acids is 1. The van der Waals surface area contributed by atoms with Crippen molar-refractivity contribution < 1.29 is 13.2 Å². The zero-order valence-electron chi connectivity index (χ0n) is 22.7. The van der Waals surface area contributed by atoms with E-state index < -0.39 is 9.84 Å². The standard InChI is InChI=1S/C28H33N3O3S.C3H4/c1-4-25-26(15-16-35(3,33)34)31-28(30-25)27-14-13-24(18-29-27)23-11-9-22(10-12-23)21-7-5-20(6-8-21)17-19(2)32;1-3-2/h4,9-15,18,20-21H,5-8,16-17H2,1-3H3,(H,30,31);1H,2H3/b25-4+,26-15+;. The Labute approximate surface area is 226 Å². The summed E-state index contributed by atoms with van der Waals surface area (Å²) in [6.45, 7) is 5.22. The summed E-state index contributed by atoms with van der Waals surface area (Å²) >= 11 is 0. The number of terminal acetylenes is 1. The van der Waals surface area contributed by atoms with Gasteiger partial charge in [-0.15, -0.1) is 12.3 Å². The van der Waals surface area contributed by atoms with Crippen molar-refractivity contribution in [2.24, 2.45) is 5.92 Å². The largest absolute Gasteiger partial charge is 0.337 e. The van der Waals surface area contributed by atoms with Gasteiger partial charge in [0.1, 0.15) is 11.5 Å². The van der Waals surface area contributed by atoms with Crippen LogP contribution in [0.4, 0.5) is 0 Å². The number of hydrogen-bond acceptors (Lipinski definition) is 5. The molecule has 200 valence electrons. The van der Waals surface area contributed by atoms with Crippen LogP contribution < -0.4 is 10.7 Å². The third kappa shape index (κ3) is 8.26. The first-order chi connectivity index (χ1) is 18.1. The number of imidazole rings is 1. The van der Waals surface area contributed by atoms with Crippen molar-refractivity contribution in [1.82, 2.24) is 15.0 Å². The van der Waals surface area contributed by atoms with Gasteiger partial charge < -0.3 is 9.78 Å². The second-order valence-electron chi connectivity index (χ2n) is 9.94. The Bertz CT molecular complexity index is 1490. The lowest BCUT2D eigenvalue weighted by atomic mass is 9.77. The summed E-state index contributed by atoms with van der Waals surface area (Å²) in [5, 5.41) is 1.39. The van der Waals surface area contributed by atoms with Gasteiger partial charge in [0.15, 0.2) is 15.7 Å². The number of nitrogens with zero attached hydrogens (tertiary/aromatic N) is 2. The molecule has 2 aromatic heterocycles. The fourth-order valence-electron chi connectivity index (χ4n) is 4.89. The smallest absolute Gasteiger partial charge is 0.157 e. The number of nitrogens with one attached hydrogen (secondary N) is 1. The van der Waals surface area contributed by atoms with Crippen molar-refractivity contribution in [3.05, 3.63) is 58.9 Å². The van der Waals surface area contributed by atoms with Gasteiger partial charge in [0.2, 0.25) is 0 Å². The fraction of sp³-hybridized carbons (Fsp3) is 0.387. The second kappa shape index (κ2) is 13.3. The Balaban J connectivity index is 0.00000127. The van der Waals surface area contributed by atoms with E-state index in [1.54, 1.807) is 19.9 Å². The number of ketones is 1. The minimum atomic E-state index is -3.10. The first kappa shape index (κ1) is 29.1. The summed E-state index contributed by atoms with van der Waals surface area (Å²) in [6.07, 6.45) is 16.4. The van der Waals surface area contributed by atoms with Crippen LogP contribution in [0, 0.1) is 18.3 Å². The lowest BCUT2D eigenvalue weighted by Crippen LogP contribution is -2.25. The van der Waals surface area contributed by atoms with Crippen LogP contribution in [0.25, 0.3) is 34.8 Å². The van der Waals surface area contributed by atoms with Crippen LogP contribution in [-0.4, -0.2) is 41.2 Å². The Morgan fingerprint density at radius 2 is 1.74 bits per heavy atom. The van der Waals surface area contributed by atoms with E-state index in [1.807, 2.05) is 31.3 Å². The van der Waals surface area contributed by atoms with Crippen molar-refractivity contribution in [2.45, 2.75) is 58.8 Å².